The molecular weight excluding hydrogens is 366 g/mol. The van der Waals surface area contributed by atoms with Crippen LogP contribution in [0.15, 0.2) is 41.4 Å². The van der Waals surface area contributed by atoms with E-state index in [1.54, 1.807) is 19.2 Å². The number of hydrogen-bond donors (Lipinski definition) is 0. The summed E-state index contributed by atoms with van der Waals surface area (Å²) in [6, 6.07) is 9.58. The Kier molecular flexibility index (Phi) is 5.03. The molecule has 7 nitrogen and oxygen atoms in total. The van der Waals surface area contributed by atoms with Crippen molar-refractivity contribution in [2.45, 2.75) is 17.9 Å². The normalized spacial score (nSPS) is 18.2. The van der Waals surface area contributed by atoms with Crippen LogP contribution in [0.25, 0.3) is 0 Å². The number of rotatable bonds is 4. The fraction of sp³-hybridized carbons (Fsp3) is 0.421. The predicted octanol–water partition coefficient (Wildman–Crippen LogP) is 1.67. The van der Waals surface area contributed by atoms with E-state index in [2.05, 4.69) is 22.0 Å². The maximum atomic E-state index is 12.7. The average Bonchev–Trinajstić information content (AvgIpc) is 2.73. The SMILES string of the molecule is COc1ccc2c(c1)CN(c1ccc(S(=O)(=O)N3CCOCC3)cn1)CC2. The highest BCUT2D eigenvalue weighted by molar-refractivity contribution is 7.89. The Morgan fingerprint density at radius 3 is 2.59 bits per heavy atom. The zero-order valence-electron chi connectivity index (χ0n) is 15.3. The van der Waals surface area contributed by atoms with Gasteiger partial charge in [-0.2, -0.15) is 4.31 Å². The summed E-state index contributed by atoms with van der Waals surface area (Å²) < 4.78 is 37.4. The molecule has 2 aromatic rings. The van der Waals surface area contributed by atoms with Gasteiger partial charge in [0, 0.05) is 32.4 Å². The van der Waals surface area contributed by atoms with Crippen LogP contribution in [0.3, 0.4) is 0 Å². The number of fused-ring (bicyclic) bond motifs is 1. The largest absolute Gasteiger partial charge is 0.497 e. The number of hydrogen-bond acceptors (Lipinski definition) is 6. The van der Waals surface area contributed by atoms with E-state index >= 15 is 0 Å². The molecule has 0 saturated carbocycles. The second-order valence-electron chi connectivity index (χ2n) is 6.67. The van der Waals surface area contributed by atoms with Gasteiger partial charge < -0.3 is 14.4 Å². The average molecular weight is 389 g/mol. The third-order valence-corrected chi connectivity index (χ3v) is 6.96. The topological polar surface area (TPSA) is 72.0 Å². The van der Waals surface area contributed by atoms with E-state index in [1.807, 2.05) is 6.07 Å². The third-order valence-electron chi connectivity index (χ3n) is 5.08. The second kappa shape index (κ2) is 7.46. The van der Waals surface area contributed by atoms with Crippen molar-refractivity contribution in [3.63, 3.8) is 0 Å². The maximum absolute atomic E-state index is 12.7. The molecule has 2 aliphatic rings. The van der Waals surface area contributed by atoms with E-state index in [9.17, 15) is 8.42 Å². The monoisotopic (exact) mass is 389 g/mol. The van der Waals surface area contributed by atoms with E-state index in [1.165, 1.54) is 21.6 Å². The smallest absolute Gasteiger partial charge is 0.244 e. The fourth-order valence-electron chi connectivity index (χ4n) is 3.50. The summed E-state index contributed by atoms with van der Waals surface area (Å²) in [5.74, 6) is 1.62. The molecule has 0 amide bonds. The molecule has 144 valence electrons. The number of nitrogens with zero attached hydrogens (tertiary/aromatic N) is 3. The summed E-state index contributed by atoms with van der Waals surface area (Å²) in [7, 11) is -1.85. The summed E-state index contributed by atoms with van der Waals surface area (Å²) in [6.07, 6.45) is 2.38. The molecule has 4 rings (SSSR count). The van der Waals surface area contributed by atoms with Crippen molar-refractivity contribution in [2.75, 3.05) is 44.9 Å². The van der Waals surface area contributed by atoms with Crippen molar-refractivity contribution in [1.82, 2.24) is 9.29 Å². The van der Waals surface area contributed by atoms with Crippen LogP contribution in [0, 0.1) is 0 Å². The van der Waals surface area contributed by atoms with Crippen LogP contribution in [0.4, 0.5) is 5.82 Å². The standard InChI is InChI=1S/C19H23N3O4S/c1-25-17-3-2-15-6-7-21(14-16(15)12-17)19-5-4-18(13-20-19)27(23,24)22-8-10-26-11-9-22/h2-5,12-13H,6-11,14H2,1H3. The molecule has 8 heteroatoms. The lowest BCUT2D eigenvalue weighted by atomic mass is 9.99. The summed E-state index contributed by atoms with van der Waals surface area (Å²) in [5.41, 5.74) is 2.53. The van der Waals surface area contributed by atoms with Crippen LogP contribution in [0.1, 0.15) is 11.1 Å². The van der Waals surface area contributed by atoms with E-state index in [0.717, 1.165) is 31.1 Å². The summed E-state index contributed by atoms with van der Waals surface area (Å²) in [4.78, 5) is 6.83. The predicted molar refractivity (Wildman–Crippen MR) is 102 cm³/mol. The van der Waals surface area contributed by atoms with Crippen LogP contribution in [0.2, 0.25) is 0 Å². The van der Waals surface area contributed by atoms with Crippen LogP contribution in [0.5, 0.6) is 5.75 Å². The Bertz CT molecular complexity index is 909. The number of aromatic nitrogens is 1. The van der Waals surface area contributed by atoms with Crippen LogP contribution < -0.4 is 9.64 Å². The van der Waals surface area contributed by atoms with Crippen molar-refractivity contribution < 1.29 is 17.9 Å². The highest BCUT2D eigenvalue weighted by atomic mass is 32.2. The van der Waals surface area contributed by atoms with Crippen molar-refractivity contribution in [2.24, 2.45) is 0 Å². The fourth-order valence-corrected chi connectivity index (χ4v) is 4.86. The molecular formula is C19H23N3O4S. The lowest BCUT2D eigenvalue weighted by Crippen LogP contribution is -2.40. The number of anilines is 1. The number of morpholine rings is 1. The van der Waals surface area contributed by atoms with Gasteiger partial charge in [0.05, 0.1) is 20.3 Å². The molecule has 3 heterocycles. The van der Waals surface area contributed by atoms with Gasteiger partial charge in [0.2, 0.25) is 10.0 Å². The molecule has 0 radical (unpaired) electrons. The van der Waals surface area contributed by atoms with Gasteiger partial charge in [-0.25, -0.2) is 13.4 Å². The third kappa shape index (κ3) is 3.65. The minimum atomic E-state index is -3.51. The molecule has 0 spiro atoms. The lowest BCUT2D eigenvalue weighted by molar-refractivity contribution is 0.0730. The zero-order valence-corrected chi connectivity index (χ0v) is 16.1. The van der Waals surface area contributed by atoms with Crippen molar-refractivity contribution in [3.8, 4) is 5.75 Å². The van der Waals surface area contributed by atoms with Crippen LogP contribution >= 0.6 is 0 Å². The van der Waals surface area contributed by atoms with Crippen LogP contribution in [-0.4, -0.2) is 57.7 Å². The minimum absolute atomic E-state index is 0.229. The number of pyridine rings is 1. The molecule has 1 aromatic heterocycles. The van der Waals surface area contributed by atoms with Gasteiger partial charge in [-0.3, -0.25) is 0 Å². The van der Waals surface area contributed by atoms with Crippen molar-refractivity contribution in [1.29, 1.82) is 0 Å². The molecule has 1 saturated heterocycles. The summed E-state index contributed by atoms with van der Waals surface area (Å²) >= 11 is 0. The molecule has 0 unspecified atom stereocenters. The first-order valence-corrected chi connectivity index (χ1v) is 10.5. The van der Waals surface area contributed by atoms with Gasteiger partial charge in [0.25, 0.3) is 0 Å². The molecule has 27 heavy (non-hydrogen) atoms. The highest BCUT2D eigenvalue weighted by Crippen LogP contribution is 2.27. The quantitative estimate of drug-likeness (QED) is 0.792. The molecule has 0 N–H and O–H groups in total. The first-order chi connectivity index (χ1) is 13.1. The first-order valence-electron chi connectivity index (χ1n) is 9.02. The molecule has 1 aromatic carbocycles. The Balaban J connectivity index is 1.52. The Labute approximate surface area is 159 Å². The lowest BCUT2D eigenvalue weighted by Gasteiger charge is -2.30. The molecule has 0 bridgehead atoms. The maximum Gasteiger partial charge on any atom is 0.244 e. The van der Waals surface area contributed by atoms with E-state index in [-0.39, 0.29) is 4.90 Å². The molecule has 2 aliphatic heterocycles. The van der Waals surface area contributed by atoms with Crippen LogP contribution in [-0.2, 0) is 27.7 Å². The Morgan fingerprint density at radius 1 is 1.07 bits per heavy atom. The van der Waals surface area contributed by atoms with Gasteiger partial charge in [0.1, 0.15) is 16.5 Å². The van der Waals surface area contributed by atoms with Gasteiger partial charge >= 0.3 is 0 Å². The number of ether oxygens (including phenoxy) is 2. The molecule has 0 aliphatic carbocycles. The summed E-state index contributed by atoms with van der Waals surface area (Å²) in [6.45, 7) is 3.21. The number of methoxy groups -OCH3 is 1. The zero-order chi connectivity index (χ0) is 18.9. The van der Waals surface area contributed by atoms with Crippen molar-refractivity contribution >= 4 is 15.8 Å². The van der Waals surface area contributed by atoms with Crippen molar-refractivity contribution in [3.05, 3.63) is 47.7 Å². The molecule has 1 fully saturated rings. The second-order valence-corrected chi connectivity index (χ2v) is 8.61. The van der Waals surface area contributed by atoms with E-state index < -0.39 is 10.0 Å². The van der Waals surface area contributed by atoms with Gasteiger partial charge in [-0.15, -0.1) is 0 Å². The van der Waals surface area contributed by atoms with Gasteiger partial charge in [-0.1, -0.05) is 6.07 Å². The Hall–Kier alpha value is -2.16. The Morgan fingerprint density at radius 2 is 1.89 bits per heavy atom. The number of sulfonamides is 1. The minimum Gasteiger partial charge on any atom is -0.497 e. The first kappa shape index (κ1) is 18.2. The van der Waals surface area contributed by atoms with E-state index in [4.69, 9.17) is 9.47 Å². The van der Waals surface area contributed by atoms with Gasteiger partial charge in [0.15, 0.2) is 0 Å². The van der Waals surface area contributed by atoms with E-state index in [0.29, 0.717) is 26.3 Å². The highest BCUT2D eigenvalue weighted by Gasteiger charge is 2.27. The molecule has 0 atom stereocenters. The summed E-state index contributed by atoms with van der Waals surface area (Å²) in [5, 5.41) is 0. The van der Waals surface area contributed by atoms with Gasteiger partial charge in [-0.05, 0) is 41.8 Å². The number of benzene rings is 1.